The van der Waals surface area contributed by atoms with Crippen molar-refractivity contribution in [1.29, 1.82) is 0 Å². The van der Waals surface area contributed by atoms with Gasteiger partial charge in [-0.3, -0.25) is 14.3 Å². The van der Waals surface area contributed by atoms with Crippen LogP contribution < -0.4 is 15.8 Å². The molecular formula is C21H23N3O4. The minimum absolute atomic E-state index is 0.271. The minimum atomic E-state index is -0.792. The lowest BCUT2D eigenvalue weighted by Gasteiger charge is -2.20. The zero-order valence-corrected chi connectivity index (χ0v) is 15.8. The summed E-state index contributed by atoms with van der Waals surface area (Å²) in [7, 11) is 0. The van der Waals surface area contributed by atoms with Gasteiger partial charge in [0.25, 0.3) is 5.91 Å². The third kappa shape index (κ3) is 5.09. The molecule has 1 heterocycles. The standard InChI is InChI=1S/C21H23N3O4/c1-14(2)16-9-6-10-17(13-16)27-19(15-7-4-3-5-8-15)20(25)22-12-11-18-23-21(26)28-24-18/h3-10,13-14,19H,11-12H2,1-2H3,(H,22,25)(H,23,24,26). The molecule has 1 unspecified atom stereocenters. The molecule has 7 heteroatoms. The molecule has 3 rings (SSSR count). The highest BCUT2D eigenvalue weighted by Gasteiger charge is 2.22. The van der Waals surface area contributed by atoms with Gasteiger partial charge in [0.1, 0.15) is 5.75 Å². The summed E-state index contributed by atoms with van der Waals surface area (Å²) < 4.78 is 10.5. The molecule has 1 atom stereocenters. The number of ether oxygens (including phenoxy) is 1. The van der Waals surface area contributed by atoms with Crippen molar-refractivity contribution in [2.45, 2.75) is 32.3 Å². The van der Waals surface area contributed by atoms with E-state index in [0.717, 1.165) is 11.1 Å². The van der Waals surface area contributed by atoms with E-state index in [2.05, 4.69) is 33.8 Å². The Hall–Kier alpha value is -3.35. The number of benzene rings is 2. The number of hydrogen-bond donors (Lipinski definition) is 2. The van der Waals surface area contributed by atoms with Crippen LogP contribution >= 0.6 is 0 Å². The van der Waals surface area contributed by atoms with Crippen molar-refractivity contribution in [3.05, 3.63) is 82.1 Å². The fraction of sp³-hybridized carbons (Fsp3) is 0.286. The lowest BCUT2D eigenvalue weighted by molar-refractivity contribution is -0.128. The minimum Gasteiger partial charge on any atom is -0.476 e. The van der Waals surface area contributed by atoms with Crippen molar-refractivity contribution in [1.82, 2.24) is 15.5 Å². The number of carbonyl (C=O) groups excluding carboxylic acids is 1. The molecule has 1 aromatic heterocycles. The molecule has 0 aliphatic rings. The summed E-state index contributed by atoms with van der Waals surface area (Å²) in [5.41, 5.74) is 1.89. The molecule has 0 aliphatic carbocycles. The van der Waals surface area contributed by atoms with Crippen LogP contribution in [0.2, 0.25) is 0 Å². The maximum atomic E-state index is 12.8. The summed E-state index contributed by atoms with van der Waals surface area (Å²) in [5.74, 6) is 0.490. The fourth-order valence-corrected chi connectivity index (χ4v) is 2.75. The molecule has 28 heavy (non-hydrogen) atoms. The highest BCUT2D eigenvalue weighted by atomic mass is 16.5. The van der Waals surface area contributed by atoms with E-state index >= 15 is 0 Å². The van der Waals surface area contributed by atoms with Crippen molar-refractivity contribution in [2.75, 3.05) is 6.54 Å². The van der Waals surface area contributed by atoms with E-state index in [1.807, 2.05) is 54.6 Å². The third-order valence-corrected chi connectivity index (χ3v) is 4.27. The van der Waals surface area contributed by atoms with Crippen molar-refractivity contribution < 1.29 is 14.1 Å². The summed E-state index contributed by atoms with van der Waals surface area (Å²) >= 11 is 0. The van der Waals surface area contributed by atoms with Crippen molar-refractivity contribution in [3.63, 3.8) is 0 Å². The van der Waals surface area contributed by atoms with Gasteiger partial charge >= 0.3 is 5.76 Å². The van der Waals surface area contributed by atoms with Crippen LogP contribution in [-0.2, 0) is 11.2 Å². The van der Waals surface area contributed by atoms with Gasteiger partial charge in [0.15, 0.2) is 5.82 Å². The Morgan fingerprint density at radius 2 is 1.89 bits per heavy atom. The number of aromatic nitrogens is 2. The van der Waals surface area contributed by atoms with Gasteiger partial charge in [-0.05, 0) is 23.6 Å². The molecule has 0 aliphatic heterocycles. The first-order chi connectivity index (χ1) is 13.5. The van der Waals surface area contributed by atoms with Crippen LogP contribution in [0.25, 0.3) is 0 Å². The van der Waals surface area contributed by atoms with Gasteiger partial charge in [-0.25, -0.2) is 4.79 Å². The van der Waals surface area contributed by atoms with Gasteiger partial charge in [0.05, 0.1) is 0 Å². The van der Waals surface area contributed by atoms with Crippen molar-refractivity contribution in [3.8, 4) is 5.75 Å². The number of rotatable bonds is 8. The number of nitrogens with zero attached hydrogens (tertiary/aromatic N) is 1. The average Bonchev–Trinajstić information content (AvgIpc) is 3.12. The van der Waals surface area contributed by atoms with Crippen LogP contribution in [0.5, 0.6) is 5.75 Å². The van der Waals surface area contributed by atoms with Crippen LogP contribution in [-0.4, -0.2) is 22.6 Å². The second kappa shape index (κ2) is 9.03. The zero-order valence-electron chi connectivity index (χ0n) is 15.8. The quantitative estimate of drug-likeness (QED) is 0.625. The second-order valence-electron chi connectivity index (χ2n) is 6.72. The Labute approximate surface area is 162 Å². The molecule has 2 aromatic carbocycles. The fourth-order valence-electron chi connectivity index (χ4n) is 2.75. The molecule has 0 bridgehead atoms. The van der Waals surface area contributed by atoms with Crippen LogP contribution in [0.15, 0.2) is 63.9 Å². The number of hydrogen-bond acceptors (Lipinski definition) is 5. The molecule has 1 amide bonds. The zero-order chi connectivity index (χ0) is 19.9. The van der Waals surface area contributed by atoms with Crippen LogP contribution in [0.1, 0.15) is 42.8 Å². The normalized spacial score (nSPS) is 12.0. The molecule has 146 valence electrons. The predicted octanol–water partition coefficient (Wildman–Crippen LogP) is 2.97. The Balaban J connectivity index is 1.72. The van der Waals surface area contributed by atoms with E-state index < -0.39 is 11.9 Å². The molecule has 0 saturated carbocycles. The molecule has 0 saturated heterocycles. The van der Waals surface area contributed by atoms with Crippen LogP contribution in [0, 0.1) is 0 Å². The first kappa shape index (κ1) is 19.4. The summed E-state index contributed by atoms with van der Waals surface area (Å²) in [6, 6.07) is 17.1. The third-order valence-electron chi connectivity index (χ3n) is 4.27. The Morgan fingerprint density at radius 3 is 2.57 bits per heavy atom. The lowest BCUT2D eigenvalue weighted by atomic mass is 10.0. The van der Waals surface area contributed by atoms with E-state index in [0.29, 0.717) is 30.5 Å². The summed E-state index contributed by atoms with van der Waals surface area (Å²) in [6.07, 6.45) is -0.443. The molecule has 2 N–H and O–H groups in total. The van der Waals surface area contributed by atoms with Gasteiger partial charge in [0, 0.05) is 18.5 Å². The maximum Gasteiger partial charge on any atom is 0.438 e. The van der Waals surface area contributed by atoms with Gasteiger partial charge in [-0.2, -0.15) is 0 Å². The molecular weight excluding hydrogens is 358 g/mol. The van der Waals surface area contributed by atoms with Crippen LogP contribution in [0.3, 0.4) is 0 Å². The summed E-state index contributed by atoms with van der Waals surface area (Å²) in [6.45, 7) is 4.50. The van der Waals surface area contributed by atoms with Crippen molar-refractivity contribution >= 4 is 5.91 Å². The Morgan fingerprint density at radius 1 is 1.14 bits per heavy atom. The number of carbonyl (C=O) groups is 1. The van der Waals surface area contributed by atoms with Crippen LogP contribution in [0.4, 0.5) is 0 Å². The number of amides is 1. The average molecular weight is 381 g/mol. The van der Waals surface area contributed by atoms with Gasteiger partial charge in [-0.1, -0.05) is 61.5 Å². The van der Waals surface area contributed by atoms with Gasteiger partial charge in [-0.15, -0.1) is 0 Å². The first-order valence-corrected chi connectivity index (χ1v) is 9.17. The maximum absolute atomic E-state index is 12.8. The largest absolute Gasteiger partial charge is 0.476 e. The van der Waals surface area contributed by atoms with E-state index in [9.17, 15) is 9.59 Å². The summed E-state index contributed by atoms with van der Waals surface area (Å²) in [5, 5.41) is 6.41. The highest BCUT2D eigenvalue weighted by Crippen LogP contribution is 2.25. The number of nitrogens with one attached hydrogen (secondary N) is 2. The SMILES string of the molecule is CC(C)c1cccc(OC(C(=O)NCCc2noc(=O)[nH]2)c2ccccc2)c1. The van der Waals surface area contributed by atoms with E-state index in [1.165, 1.54) is 0 Å². The summed E-state index contributed by atoms with van der Waals surface area (Å²) in [4.78, 5) is 26.2. The van der Waals surface area contributed by atoms with E-state index in [1.54, 1.807) is 0 Å². The predicted molar refractivity (Wildman–Crippen MR) is 104 cm³/mol. The van der Waals surface area contributed by atoms with Gasteiger partial charge < -0.3 is 10.1 Å². The lowest BCUT2D eigenvalue weighted by Crippen LogP contribution is -2.34. The van der Waals surface area contributed by atoms with Gasteiger partial charge in [0.2, 0.25) is 6.10 Å². The molecule has 0 fully saturated rings. The van der Waals surface area contributed by atoms with E-state index in [4.69, 9.17) is 4.74 Å². The topological polar surface area (TPSA) is 97.2 Å². The molecule has 3 aromatic rings. The first-order valence-electron chi connectivity index (χ1n) is 9.17. The number of aromatic amines is 1. The smallest absolute Gasteiger partial charge is 0.438 e. The Bertz CT molecular complexity index is 963. The van der Waals surface area contributed by atoms with Crippen molar-refractivity contribution in [2.24, 2.45) is 0 Å². The van der Waals surface area contributed by atoms with E-state index in [-0.39, 0.29) is 5.91 Å². The number of H-pyrrole nitrogens is 1. The molecule has 7 nitrogen and oxygen atoms in total. The monoisotopic (exact) mass is 381 g/mol. The molecule has 0 radical (unpaired) electrons. The Kier molecular flexibility index (Phi) is 6.26. The highest BCUT2D eigenvalue weighted by molar-refractivity contribution is 5.82. The molecule has 0 spiro atoms. The second-order valence-corrected chi connectivity index (χ2v) is 6.72.